The Bertz CT molecular complexity index is 650. The number of amides is 2. The van der Waals surface area contributed by atoms with E-state index in [2.05, 4.69) is 10.4 Å². The minimum atomic E-state index is -0.674. The second-order valence-corrected chi connectivity index (χ2v) is 4.64. The van der Waals surface area contributed by atoms with E-state index < -0.39 is 6.04 Å². The SMILES string of the molecule is Cn1ccc(N2C(=O)CNC(=O)C2c2ccccc2)n1. The molecule has 0 saturated carbocycles. The summed E-state index contributed by atoms with van der Waals surface area (Å²) in [4.78, 5) is 25.8. The van der Waals surface area contributed by atoms with Crippen LogP contribution in [0.5, 0.6) is 0 Å². The van der Waals surface area contributed by atoms with Gasteiger partial charge in [0.25, 0.3) is 0 Å². The van der Waals surface area contributed by atoms with Gasteiger partial charge in [0.2, 0.25) is 11.8 Å². The van der Waals surface area contributed by atoms with E-state index in [9.17, 15) is 9.59 Å². The summed E-state index contributed by atoms with van der Waals surface area (Å²) in [5.41, 5.74) is 0.767. The highest BCUT2D eigenvalue weighted by Gasteiger charge is 2.37. The van der Waals surface area contributed by atoms with E-state index in [1.54, 1.807) is 24.0 Å². The Labute approximate surface area is 116 Å². The number of benzene rings is 1. The van der Waals surface area contributed by atoms with Crippen molar-refractivity contribution < 1.29 is 9.59 Å². The van der Waals surface area contributed by atoms with Gasteiger partial charge in [-0.15, -0.1) is 0 Å². The Balaban J connectivity index is 2.06. The van der Waals surface area contributed by atoms with E-state index in [1.165, 1.54) is 4.90 Å². The number of aryl methyl sites for hydroxylation is 1. The fourth-order valence-corrected chi connectivity index (χ4v) is 2.33. The summed E-state index contributed by atoms with van der Waals surface area (Å²) in [5, 5.41) is 6.86. The molecule has 0 aliphatic carbocycles. The molecular formula is C14H14N4O2. The fourth-order valence-electron chi connectivity index (χ4n) is 2.33. The van der Waals surface area contributed by atoms with Crippen LogP contribution < -0.4 is 10.2 Å². The van der Waals surface area contributed by atoms with Crippen molar-refractivity contribution in [2.75, 3.05) is 11.4 Å². The Morgan fingerprint density at radius 2 is 1.95 bits per heavy atom. The topological polar surface area (TPSA) is 67.2 Å². The lowest BCUT2D eigenvalue weighted by atomic mass is 10.0. The molecule has 6 heteroatoms. The zero-order valence-corrected chi connectivity index (χ0v) is 11.0. The summed E-state index contributed by atoms with van der Waals surface area (Å²) < 4.78 is 1.61. The van der Waals surface area contributed by atoms with Crippen LogP contribution in [0, 0.1) is 0 Å². The standard InChI is InChI=1S/C14H14N4O2/c1-17-8-7-11(16-17)18-12(19)9-15-14(20)13(18)10-5-3-2-4-6-10/h2-8,13H,9H2,1H3,(H,15,20). The molecule has 1 aromatic carbocycles. The van der Waals surface area contributed by atoms with Crippen LogP contribution in [0.3, 0.4) is 0 Å². The maximum Gasteiger partial charge on any atom is 0.248 e. The van der Waals surface area contributed by atoms with Crippen LogP contribution in [0.1, 0.15) is 11.6 Å². The Kier molecular flexibility index (Phi) is 2.98. The number of carbonyl (C=O) groups excluding carboxylic acids is 2. The molecule has 0 spiro atoms. The quantitative estimate of drug-likeness (QED) is 0.870. The van der Waals surface area contributed by atoms with Gasteiger partial charge in [0.05, 0.1) is 6.54 Å². The lowest BCUT2D eigenvalue weighted by Crippen LogP contribution is -2.54. The first-order valence-electron chi connectivity index (χ1n) is 6.31. The van der Waals surface area contributed by atoms with Crippen molar-refractivity contribution in [1.29, 1.82) is 0 Å². The second kappa shape index (κ2) is 4.80. The van der Waals surface area contributed by atoms with E-state index in [1.807, 2.05) is 30.3 Å². The summed E-state index contributed by atoms with van der Waals surface area (Å²) in [6, 6.07) is 10.3. The van der Waals surface area contributed by atoms with Crippen molar-refractivity contribution in [3.05, 3.63) is 48.2 Å². The molecule has 1 atom stereocenters. The van der Waals surface area contributed by atoms with Crippen molar-refractivity contribution in [3.63, 3.8) is 0 Å². The van der Waals surface area contributed by atoms with Gasteiger partial charge in [0, 0.05) is 19.3 Å². The third-order valence-electron chi connectivity index (χ3n) is 3.25. The highest BCUT2D eigenvalue weighted by atomic mass is 16.2. The summed E-state index contributed by atoms with van der Waals surface area (Å²) in [5.74, 6) is 0.125. The minimum Gasteiger partial charge on any atom is -0.345 e. The van der Waals surface area contributed by atoms with Crippen molar-refractivity contribution in [1.82, 2.24) is 15.1 Å². The normalized spacial score (nSPS) is 19.1. The van der Waals surface area contributed by atoms with Crippen LogP contribution in [0.4, 0.5) is 5.82 Å². The molecule has 102 valence electrons. The number of nitrogens with one attached hydrogen (secondary N) is 1. The minimum absolute atomic E-state index is 0.00125. The third-order valence-corrected chi connectivity index (χ3v) is 3.25. The Hall–Kier alpha value is -2.63. The first kappa shape index (κ1) is 12.4. The van der Waals surface area contributed by atoms with Crippen LogP contribution in [-0.4, -0.2) is 28.1 Å². The number of nitrogens with zero attached hydrogens (tertiary/aromatic N) is 3. The molecule has 0 radical (unpaired) electrons. The molecule has 1 N–H and O–H groups in total. The number of aromatic nitrogens is 2. The molecule has 3 rings (SSSR count). The van der Waals surface area contributed by atoms with Crippen LogP contribution in [0.25, 0.3) is 0 Å². The Morgan fingerprint density at radius 3 is 2.60 bits per heavy atom. The predicted octanol–water partition coefficient (Wildman–Crippen LogP) is 0.624. The fraction of sp³-hybridized carbons (Fsp3) is 0.214. The highest BCUT2D eigenvalue weighted by Crippen LogP contribution is 2.28. The van der Waals surface area contributed by atoms with Gasteiger partial charge in [0.15, 0.2) is 5.82 Å². The third kappa shape index (κ3) is 2.05. The lowest BCUT2D eigenvalue weighted by Gasteiger charge is -2.33. The average Bonchev–Trinajstić information content (AvgIpc) is 2.88. The molecule has 2 heterocycles. The molecule has 2 aromatic rings. The molecule has 0 bridgehead atoms. The summed E-state index contributed by atoms with van der Waals surface area (Å²) in [6.45, 7) is -0.00125. The zero-order chi connectivity index (χ0) is 14.1. The van der Waals surface area contributed by atoms with Crippen LogP contribution in [-0.2, 0) is 16.6 Å². The first-order chi connectivity index (χ1) is 9.66. The van der Waals surface area contributed by atoms with Gasteiger partial charge in [0.1, 0.15) is 6.04 Å². The Morgan fingerprint density at radius 1 is 1.20 bits per heavy atom. The van der Waals surface area contributed by atoms with E-state index in [-0.39, 0.29) is 18.4 Å². The van der Waals surface area contributed by atoms with Gasteiger partial charge in [-0.1, -0.05) is 30.3 Å². The summed E-state index contributed by atoms with van der Waals surface area (Å²) in [6.07, 6.45) is 1.75. The summed E-state index contributed by atoms with van der Waals surface area (Å²) >= 11 is 0. The molecule has 20 heavy (non-hydrogen) atoms. The van der Waals surface area contributed by atoms with Crippen LogP contribution in [0.2, 0.25) is 0 Å². The van der Waals surface area contributed by atoms with Gasteiger partial charge in [-0.2, -0.15) is 5.10 Å². The number of carbonyl (C=O) groups is 2. The number of rotatable bonds is 2. The van der Waals surface area contributed by atoms with Gasteiger partial charge in [-0.25, -0.2) is 0 Å². The molecule has 2 amide bonds. The van der Waals surface area contributed by atoms with Crippen molar-refractivity contribution in [2.24, 2.45) is 7.05 Å². The molecule has 1 unspecified atom stereocenters. The van der Waals surface area contributed by atoms with Gasteiger partial charge < -0.3 is 5.32 Å². The number of anilines is 1. The first-order valence-corrected chi connectivity index (χ1v) is 6.31. The predicted molar refractivity (Wildman–Crippen MR) is 72.9 cm³/mol. The van der Waals surface area contributed by atoms with E-state index in [0.717, 1.165) is 5.56 Å². The average molecular weight is 270 g/mol. The van der Waals surface area contributed by atoms with E-state index >= 15 is 0 Å². The van der Waals surface area contributed by atoms with Crippen molar-refractivity contribution in [2.45, 2.75) is 6.04 Å². The monoisotopic (exact) mass is 270 g/mol. The van der Waals surface area contributed by atoms with Crippen LogP contribution >= 0.6 is 0 Å². The van der Waals surface area contributed by atoms with E-state index in [4.69, 9.17) is 0 Å². The largest absolute Gasteiger partial charge is 0.345 e. The molecule has 1 fully saturated rings. The number of hydrogen-bond acceptors (Lipinski definition) is 3. The van der Waals surface area contributed by atoms with Gasteiger partial charge in [-0.05, 0) is 5.56 Å². The van der Waals surface area contributed by atoms with Gasteiger partial charge >= 0.3 is 0 Å². The van der Waals surface area contributed by atoms with Crippen LogP contribution in [0.15, 0.2) is 42.6 Å². The maximum absolute atomic E-state index is 12.2. The molecular weight excluding hydrogens is 256 g/mol. The highest BCUT2D eigenvalue weighted by molar-refractivity contribution is 6.06. The summed E-state index contributed by atoms with van der Waals surface area (Å²) in [7, 11) is 1.77. The van der Waals surface area contributed by atoms with E-state index in [0.29, 0.717) is 5.82 Å². The van der Waals surface area contributed by atoms with Crippen molar-refractivity contribution in [3.8, 4) is 0 Å². The molecule has 1 saturated heterocycles. The lowest BCUT2D eigenvalue weighted by molar-refractivity contribution is -0.131. The zero-order valence-electron chi connectivity index (χ0n) is 11.0. The van der Waals surface area contributed by atoms with Gasteiger partial charge in [-0.3, -0.25) is 19.2 Å². The number of piperazine rings is 1. The van der Waals surface area contributed by atoms with Crippen molar-refractivity contribution >= 4 is 17.6 Å². The molecule has 1 aliphatic rings. The smallest absolute Gasteiger partial charge is 0.248 e. The molecule has 1 aliphatic heterocycles. The second-order valence-electron chi connectivity index (χ2n) is 4.64. The number of hydrogen-bond donors (Lipinski definition) is 1. The molecule has 1 aromatic heterocycles. The maximum atomic E-state index is 12.2. The molecule has 6 nitrogen and oxygen atoms in total.